The first-order chi connectivity index (χ1) is 9.74. The molecule has 1 saturated carbocycles. The van der Waals surface area contributed by atoms with Crippen LogP contribution in [0.15, 0.2) is 0 Å². The molecule has 2 saturated heterocycles. The second kappa shape index (κ2) is 6.12. The number of ketones is 1. The largest absolute Gasteiger partial charge is 0.379 e. The van der Waals surface area contributed by atoms with Crippen molar-refractivity contribution in [1.82, 2.24) is 5.32 Å². The third-order valence-electron chi connectivity index (χ3n) is 5.48. The summed E-state index contributed by atoms with van der Waals surface area (Å²) in [6.45, 7) is 2.02. The molecule has 3 unspecified atom stereocenters. The van der Waals surface area contributed by atoms with E-state index >= 15 is 0 Å². The summed E-state index contributed by atoms with van der Waals surface area (Å²) in [4.78, 5) is 12.8. The minimum Gasteiger partial charge on any atom is -0.379 e. The van der Waals surface area contributed by atoms with Crippen molar-refractivity contribution < 1.29 is 14.3 Å². The molecule has 3 atom stereocenters. The van der Waals surface area contributed by atoms with Crippen molar-refractivity contribution in [2.24, 2.45) is 11.8 Å². The van der Waals surface area contributed by atoms with Gasteiger partial charge in [-0.2, -0.15) is 0 Å². The van der Waals surface area contributed by atoms with E-state index in [9.17, 15) is 4.79 Å². The van der Waals surface area contributed by atoms with Gasteiger partial charge in [0.15, 0.2) is 0 Å². The van der Waals surface area contributed by atoms with Crippen LogP contribution < -0.4 is 5.32 Å². The highest BCUT2D eigenvalue weighted by atomic mass is 16.5. The fourth-order valence-electron chi connectivity index (χ4n) is 4.24. The summed E-state index contributed by atoms with van der Waals surface area (Å²) < 4.78 is 11.6. The Morgan fingerprint density at radius 3 is 2.75 bits per heavy atom. The van der Waals surface area contributed by atoms with Crippen molar-refractivity contribution in [2.75, 3.05) is 26.9 Å². The highest BCUT2D eigenvalue weighted by Gasteiger charge is 2.44. The Balaban J connectivity index is 1.65. The van der Waals surface area contributed by atoms with Gasteiger partial charge in [-0.3, -0.25) is 4.79 Å². The van der Waals surface area contributed by atoms with Gasteiger partial charge in [0.05, 0.1) is 24.7 Å². The molecule has 0 aromatic heterocycles. The first-order valence-corrected chi connectivity index (χ1v) is 8.17. The highest BCUT2D eigenvalue weighted by Crippen LogP contribution is 2.41. The van der Waals surface area contributed by atoms with Crippen LogP contribution in [0.25, 0.3) is 0 Å². The summed E-state index contributed by atoms with van der Waals surface area (Å²) in [5, 5.41) is 3.23. The Morgan fingerprint density at radius 1 is 1.20 bits per heavy atom. The van der Waals surface area contributed by atoms with Crippen LogP contribution >= 0.6 is 0 Å². The minimum atomic E-state index is 0.0193. The monoisotopic (exact) mass is 281 g/mol. The number of hydrogen-bond donors (Lipinski definition) is 1. The lowest BCUT2D eigenvalue weighted by Gasteiger charge is -2.43. The second-order valence-electron chi connectivity index (χ2n) is 6.72. The van der Waals surface area contributed by atoms with E-state index in [1.165, 1.54) is 19.3 Å². The van der Waals surface area contributed by atoms with Gasteiger partial charge in [-0.1, -0.05) is 19.3 Å². The molecule has 20 heavy (non-hydrogen) atoms. The number of likely N-dealkylation sites (N-methyl/N-ethyl adjacent to an activating group) is 1. The predicted molar refractivity (Wildman–Crippen MR) is 76.7 cm³/mol. The van der Waals surface area contributed by atoms with E-state index in [4.69, 9.17) is 9.47 Å². The van der Waals surface area contributed by atoms with E-state index in [0.29, 0.717) is 19.0 Å². The lowest BCUT2D eigenvalue weighted by Crippen LogP contribution is -2.47. The number of carbonyl (C=O) groups is 1. The number of ether oxygens (including phenoxy) is 2. The van der Waals surface area contributed by atoms with Gasteiger partial charge in [-0.25, -0.2) is 0 Å². The summed E-state index contributed by atoms with van der Waals surface area (Å²) in [6, 6.07) is 0.202. The standard InChI is InChI=1S/C16H27NO3/c1-17-14-11-19-10-13(14)15(18)12-5-8-20-16(9-12)6-3-2-4-7-16/h12-14,17H,2-11H2,1H3. The molecule has 1 aliphatic carbocycles. The summed E-state index contributed by atoms with van der Waals surface area (Å²) >= 11 is 0. The first kappa shape index (κ1) is 14.5. The maximum atomic E-state index is 12.8. The van der Waals surface area contributed by atoms with Crippen LogP contribution in [0.3, 0.4) is 0 Å². The lowest BCUT2D eigenvalue weighted by atomic mass is 9.73. The molecule has 0 radical (unpaired) electrons. The Kier molecular flexibility index (Phi) is 4.43. The molecule has 0 aromatic carbocycles. The summed E-state index contributed by atoms with van der Waals surface area (Å²) in [5.41, 5.74) is 0.0193. The molecule has 1 spiro atoms. The normalized spacial score (nSPS) is 37.1. The zero-order chi connectivity index (χ0) is 14.0. The number of rotatable bonds is 3. The average molecular weight is 281 g/mol. The zero-order valence-corrected chi connectivity index (χ0v) is 12.5. The molecule has 3 rings (SSSR count). The van der Waals surface area contributed by atoms with Crippen molar-refractivity contribution in [3.63, 3.8) is 0 Å². The summed E-state index contributed by atoms with van der Waals surface area (Å²) in [5.74, 6) is 0.642. The molecular weight excluding hydrogens is 254 g/mol. The van der Waals surface area contributed by atoms with E-state index in [0.717, 1.165) is 32.3 Å². The molecule has 0 bridgehead atoms. The van der Waals surface area contributed by atoms with Crippen LogP contribution in [0.5, 0.6) is 0 Å². The molecule has 3 aliphatic rings. The zero-order valence-electron chi connectivity index (χ0n) is 12.5. The van der Waals surface area contributed by atoms with Gasteiger partial charge in [-0.15, -0.1) is 0 Å². The predicted octanol–water partition coefficient (Wildman–Crippen LogP) is 1.92. The van der Waals surface area contributed by atoms with Gasteiger partial charge < -0.3 is 14.8 Å². The van der Waals surface area contributed by atoms with Crippen molar-refractivity contribution in [3.05, 3.63) is 0 Å². The smallest absolute Gasteiger partial charge is 0.143 e. The maximum Gasteiger partial charge on any atom is 0.143 e. The quantitative estimate of drug-likeness (QED) is 0.858. The van der Waals surface area contributed by atoms with Gasteiger partial charge in [0, 0.05) is 18.6 Å². The SMILES string of the molecule is CNC1COCC1C(=O)C1CCOC2(CCCCC2)C1. The van der Waals surface area contributed by atoms with Crippen LogP contribution in [-0.2, 0) is 14.3 Å². The van der Waals surface area contributed by atoms with Gasteiger partial charge in [0.25, 0.3) is 0 Å². The van der Waals surface area contributed by atoms with Crippen molar-refractivity contribution in [1.29, 1.82) is 0 Å². The second-order valence-corrected chi connectivity index (χ2v) is 6.72. The Morgan fingerprint density at radius 2 is 2.00 bits per heavy atom. The van der Waals surface area contributed by atoms with Crippen molar-refractivity contribution >= 4 is 5.78 Å². The number of carbonyl (C=O) groups excluding carboxylic acids is 1. The van der Waals surface area contributed by atoms with Crippen LogP contribution in [0.4, 0.5) is 0 Å². The summed E-state index contributed by atoms with van der Waals surface area (Å²) in [7, 11) is 1.92. The number of nitrogens with one attached hydrogen (secondary N) is 1. The van der Waals surface area contributed by atoms with Crippen LogP contribution in [0, 0.1) is 11.8 Å². The van der Waals surface area contributed by atoms with E-state index in [2.05, 4.69) is 5.32 Å². The van der Waals surface area contributed by atoms with Crippen molar-refractivity contribution in [2.45, 2.75) is 56.6 Å². The molecule has 0 aromatic rings. The van der Waals surface area contributed by atoms with Gasteiger partial charge in [0.2, 0.25) is 0 Å². The Labute approximate surface area is 121 Å². The van der Waals surface area contributed by atoms with E-state index < -0.39 is 0 Å². The molecule has 1 N–H and O–H groups in total. The molecule has 114 valence electrons. The fourth-order valence-corrected chi connectivity index (χ4v) is 4.24. The average Bonchev–Trinajstić information content (AvgIpc) is 2.96. The van der Waals surface area contributed by atoms with Crippen molar-refractivity contribution in [3.8, 4) is 0 Å². The maximum absolute atomic E-state index is 12.8. The van der Waals surface area contributed by atoms with Crippen LogP contribution in [0.1, 0.15) is 44.9 Å². The molecule has 2 heterocycles. The number of hydrogen-bond acceptors (Lipinski definition) is 4. The van der Waals surface area contributed by atoms with Crippen LogP contribution in [0.2, 0.25) is 0 Å². The molecule has 4 heteroatoms. The van der Waals surface area contributed by atoms with E-state index in [1.807, 2.05) is 7.05 Å². The van der Waals surface area contributed by atoms with Gasteiger partial charge in [0.1, 0.15) is 5.78 Å². The molecule has 3 fully saturated rings. The Hall–Kier alpha value is -0.450. The Bertz CT molecular complexity index is 346. The van der Waals surface area contributed by atoms with Gasteiger partial charge >= 0.3 is 0 Å². The number of Topliss-reactive ketones (excluding diaryl/α,β-unsaturated/α-hetero) is 1. The van der Waals surface area contributed by atoms with Gasteiger partial charge in [-0.05, 0) is 32.7 Å². The lowest BCUT2D eigenvalue weighted by molar-refractivity contribution is -0.146. The van der Waals surface area contributed by atoms with E-state index in [1.54, 1.807) is 0 Å². The molecule has 4 nitrogen and oxygen atoms in total. The molecule has 0 amide bonds. The summed E-state index contributed by atoms with van der Waals surface area (Å²) in [6.07, 6.45) is 7.97. The fraction of sp³-hybridized carbons (Fsp3) is 0.938. The third-order valence-corrected chi connectivity index (χ3v) is 5.48. The first-order valence-electron chi connectivity index (χ1n) is 8.17. The third kappa shape index (κ3) is 2.78. The molecular formula is C16H27NO3. The molecule has 2 aliphatic heterocycles. The van der Waals surface area contributed by atoms with E-state index in [-0.39, 0.29) is 23.5 Å². The minimum absolute atomic E-state index is 0.0193. The highest BCUT2D eigenvalue weighted by molar-refractivity contribution is 5.84. The topological polar surface area (TPSA) is 47.6 Å². The van der Waals surface area contributed by atoms with Crippen LogP contribution in [-0.4, -0.2) is 44.3 Å².